The fourth-order valence-electron chi connectivity index (χ4n) is 2.25. The van der Waals surface area contributed by atoms with Crippen molar-refractivity contribution in [3.8, 4) is 18.1 Å². The number of amides is 1. The molecule has 0 spiro atoms. The first-order valence-electron chi connectivity index (χ1n) is 7.66. The second-order valence-electron chi connectivity index (χ2n) is 5.35. The fraction of sp³-hybridized carbons (Fsp3) is 0.100. The molecule has 0 aliphatic heterocycles. The van der Waals surface area contributed by atoms with Crippen LogP contribution in [0.15, 0.2) is 53.9 Å². The minimum atomic E-state index is -0.218. The highest BCUT2D eigenvalue weighted by atomic mass is 32.1. The molecule has 0 saturated carbocycles. The van der Waals surface area contributed by atoms with Crippen molar-refractivity contribution in [2.45, 2.75) is 13.5 Å². The van der Waals surface area contributed by atoms with Crippen molar-refractivity contribution in [2.24, 2.45) is 0 Å². The van der Waals surface area contributed by atoms with Gasteiger partial charge in [0.2, 0.25) is 0 Å². The molecule has 0 saturated heterocycles. The van der Waals surface area contributed by atoms with Crippen LogP contribution in [0, 0.1) is 19.3 Å². The lowest BCUT2D eigenvalue weighted by atomic mass is 10.1. The van der Waals surface area contributed by atoms with Crippen LogP contribution in [-0.4, -0.2) is 10.9 Å². The number of hydrogen-bond acceptors (Lipinski definition) is 4. The number of terminal acetylenes is 1. The van der Waals surface area contributed by atoms with Gasteiger partial charge >= 0.3 is 0 Å². The lowest BCUT2D eigenvalue weighted by Gasteiger charge is -2.08. The molecular formula is C20H16N2O2S. The summed E-state index contributed by atoms with van der Waals surface area (Å²) in [6, 6.07) is 14.2. The number of carbonyl (C=O) groups excluding carboxylic acids is 1. The van der Waals surface area contributed by atoms with Gasteiger partial charge < -0.3 is 10.1 Å². The smallest absolute Gasteiger partial charge is 0.255 e. The van der Waals surface area contributed by atoms with E-state index in [0.29, 0.717) is 29.2 Å². The lowest BCUT2D eigenvalue weighted by Crippen LogP contribution is -2.12. The predicted molar refractivity (Wildman–Crippen MR) is 100.0 cm³/mol. The number of nitrogens with one attached hydrogen (secondary N) is 1. The summed E-state index contributed by atoms with van der Waals surface area (Å²) in [6.45, 7) is 2.33. The monoisotopic (exact) mass is 348 g/mol. The average Bonchev–Trinajstić information content (AvgIpc) is 3.06. The predicted octanol–water partition coefficient (Wildman–Crippen LogP) is 4.26. The first-order chi connectivity index (χ1) is 12.1. The topological polar surface area (TPSA) is 51.2 Å². The van der Waals surface area contributed by atoms with Gasteiger partial charge in [0.25, 0.3) is 5.91 Å². The summed E-state index contributed by atoms with van der Waals surface area (Å²) >= 11 is 1.58. The van der Waals surface area contributed by atoms with Crippen molar-refractivity contribution in [1.29, 1.82) is 0 Å². The molecular weight excluding hydrogens is 332 g/mol. The molecule has 1 heterocycles. The van der Waals surface area contributed by atoms with Gasteiger partial charge in [-0.1, -0.05) is 18.1 Å². The zero-order valence-corrected chi connectivity index (χ0v) is 14.5. The Bertz CT molecular complexity index is 941. The molecule has 1 aromatic heterocycles. The van der Waals surface area contributed by atoms with E-state index in [1.54, 1.807) is 47.7 Å². The van der Waals surface area contributed by atoms with Gasteiger partial charge in [-0.05, 0) is 43.3 Å². The number of anilines is 1. The van der Waals surface area contributed by atoms with E-state index in [1.165, 1.54) is 0 Å². The van der Waals surface area contributed by atoms with Crippen molar-refractivity contribution in [1.82, 2.24) is 4.98 Å². The van der Waals surface area contributed by atoms with Crippen LogP contribution < -0.4 is 10.1 Å². The van der Waals surface area contributed by atoms with Gasteiger partial charge in [0.1, 0.15) is 12.4 Å². The maximum Gasteiger partial charge on any atom is 0.255 e. The summed E-state index contributed by atoms with van der Waals surface area (Å²) in [5.41, 5.74) is 2.76. The van der Waals surface area contributed by atoms with E-state index in [1.807, 2.05) is 24.4 Å². The molecule has 124 valence electrons. The van der Waals surface area contributed by atoms with E-state index in [-0.39, 0.29) is 5.91 Å². The van der Waals surface area contributed by atoms with Gasteiger partial charge in [-0.2, -0.15) is 0 Å². The standard InChI is InChI=1S/C20H16N2O2S/c1-3-15-6-4-8-17(10-15)22-20(23)16-7-5-9-19(11-16)24-12-18-13-25-14(2)21-18/h1,4-11,13H,12H2,2H3,(H,22,23). The van der Waals surface area contributed by atoms with Gasteiger partial charge in [-0.25, -0.2) is 4.98 Å². The Hall–Kier alpha value is -3.10. The van der Waals surface area contributed by atoms with E-state index in [9.17, 15) is 4.79 Å². The van der Waals surface area contributed by atoms with Crippen LogP contribution in [0.3, 0.4) is 0 Å². The molecule has 25 heavy (non-hydrogen) atoms. The van der Waals surface area contributed by atoms with Gasteiger partial charge in [0.15, 0.2) is 0 Å². The Labute approximate surface area is 150 Å². The first kappa shape index (κ1) is 16.7. The van der Waals surface area contributed by atoms with E-state index >= 15 is 0 Å². The molecule has 1 amide bonds. The summed E-state index contributed by atoms with van der Waals surface area (Å²) in [5.74, 6) is 2.95. The van der Waals surface area contributed by atoms with Crippen LogP contribution >= 0.6 is 11.3 Å². The third kappa shape index (κ3) is 4.46. The van der Waals surface area contributed by atoms with Crippen molar-refractivity contribution in [3.05, 3.63) is 75.7 Å². The third-order valence-electron chi connectivity index (χ3n) is 3.44. The molecule has 0 atom stereocenters. The number of aromatic nitrogens is 1. The van der Waals surface area contributed by atoms with Crippen molar-refractivity contribution in [3.63, 3.8) is 0 Å². The summed E-state index contributed by atoms with van der Waals surface area (Å²) < 4.78 is 5.72. The molecule has 3 rings (SSSR count). The first-order valence-corrected chi connectivity index (χ1v) is 8.54. The number of hydrogen-bond donors (Lipinski definition) is 1. The van der Waals surface area contributed by atoms with E-state index in [0.717, 1.165) is 10.7 Å². The summed E-state index contributed by atoms with van der Waals surface area (Å²) in [4.78, 5) is 16.8. The molecule has 5 heteroatoms. The second-order valence-corrected chi connectivity index (χ2v) is 6.42. The number of carbonyl (C=O) groups is 1. The van der Waals surface area contributed by atoms with Crippen molar-refractivity contribution >= 4 is 22.9 Å². The minimum Gasteiger partial charge on any atom is -0.487 e. The Morgan fingerprint density at radius 3 is 2.88 bits per heavy atom. The minimum absolute atomic E-state index is 0.218. The van der Waals surface area contributed by atoms with Crippen molar-refractivity contribution < 1.29 is 9.53 Å². The SMILES string of the molecule is C#Cc1cccc(NC(=O)c2cccc(OCc3csc(C)n3)c2)c1. The van der Waals surface area contributed by atoms with Crippen molar-refractivity contribution in [2.75, 3.05) is 5.32 Å². The quantitative estimate of drug-likeness (QED) is 0.701. The molecule has 3 aromatic rings. The highest BCUT2D eigenvalue weighted by Crippen LogP contribution is 2.18. The van der Waals surface area contributed by atoms with Crippen LogP contribution in [0.2, 0.25) is 0 Å². The number of thiazole rings is 1. The maximum atomic E-state index is 12.4. The highest BCUT2D eigenvalue weighted by Gasteiger charge is 2.08. The molecule has 0 aliphatic carbocycles. The molecule has 4 nitrogen and oxygen atoms in total. The average molecular weight is 348 g/mol. The number of benzene rings is 2. The third-order valence-corrected chi connectivity index (χ3v) is 4.26. The van der Waals surface area contributed by atoms with Gasteiger partial charge in [-0.3, -0.25) is 4.79 Å². The molecule has 0 unspecified atom stereocenters. The zero-order valence-electron chi connectivity index (χ0n) is 13.7. The summed E-state index contributed by atoms with van der Waals surface area (Å²) in [6.07, 6.45) is 5.38. The van der Waals surface area contributed by atoms with Gasteiger partial charge in [-0.15, -0.1) is 17.8 Å². The van der Waals surface area contributed by atoms with Crippen LogP contribution in [0.25, 0.3) is 0 Å². The Kier molecular flexibility index (Phi) is 5.12. The van der Waals surface area contributed by atoms with Gasteiger partial charge in [0, 0.05) is 22.2 Å². The Morgan fingerprint density at radius 1 is 1.28 bits per heavy atom. The molecule has 0 bridgehead atoms. The number of aryl methyl sites for hydroxylation is 1. The molecule has 0 fully saturated rings. The van der Waals surface area contributed by atoms with Crippen LogP contribution in [-0.2, 0) is 6.61 Å². The largest absolute Gasteiger partial charge is 0.487 e. The Morgan fingerprint density at radius 2 is 2.12 bits per heavy atom. The van der Waals surface area contributed by atoms with Crippen LogP contribution in [0.4, 0.5) is 5.69 Å². The number of rotatable bonds is 5. The second kappa shape index (κ2) is 7.65. The number of nitrogens with zero attached hydrogens (tertiary/aromatic N) is 1. The van der Waals surface area contributed by atoms with E-state index in [4.69, 9.17) is 11.2 Å². The van der Waals surface area contributed by atoms with Crippen LogP contribution in [0.5, 0.6) is 5.75 Å². The van der Waals surface area contributed by atoms with E-state index < -0.39 is 0 Å². The molecule has 1 N–H and O–H groups in total. The highest BCUT2D eigenvalue weighted by molar-refractivity contribution is 7.09. The number of ether oxygens (including phenoxy) is 1. The molecule has 0 aliphatic rings. The maximum absolute atomic E-state index is 12.4. The summed E-state index contributed by atoms with van der Waals surface area (Å²) in [5, 5.41) is 5.80. The van der Waals surface area contributed by atoms with Gasteiger partial charge in [0.05, 0.1) is 10.7 Å². The zero-order chi connectivity index (χ0) is 17.6. The normalized spacial score (nSPS) is 10.1. The van der Waals surface area contributed by atoms with Crippen LogP contribution in [0.1, 0.15) is 26.6 Å². The summed E-state index contributed by atoms with van der Waals surface area (Å²) in [7, 11) is 0. The molecule has 2 aromatic carbocycles. The van der Waals surface area contributed by atoms with E-state index in [2.05, 4.69) is 16.2 Å². The molecule has 0 radical (unpaired) electrons. The lowest BCUT2D eigenvalue weighted by molar-refractivity contribution is 0.102. The fourth-order valence-corrected chi connectivity index (χ4v) is 2.85. The Balaban J connectivity index is 1.67.